The maximum Gasteiger partial charge on any atom is 0.241 e. The molecule has 1 amide bonds. The van der Waals surface area contributed by atoms with Gasteiger partial charge in [-0.05, 0) is 43.0 Å². The number of carbonyl (C=O) groups excluding carboxylic acids is 1. The van der Waals surface area contributed by atoms with Crippen molar-refractivity contribution in [2.24, 2.45) is 0 Å². The third-order valence-corrected chi connectivity index (χ3v) is 5.27. The van der Waals surface area contributed by atoms with Crippen LogP contribution >= 0.6 is 11.3 Å². The first-order valence-electron chi connectivity index (χ1n) is 7.80. The Labute approximate surface area is 141 Å². The minimum atomic E-state index is 0.142. The SMILES string of the molecule is COc1cccc(N2C(=O)CN(Cc3sccc3C)C[C@@H]2C)c1. The van der Waals surface area contributed by atoms with E-state index in [1.165, 1.54) is 10.4 Å². The number of aryl methyl sites for hydroxylation is 1. The Morgan fingerprint density at radius 2 is 2.17 bits per heavy atom. The van der Waals surface area contributed by atoms with Gasteiger partial charge in [0.15, 0.2) is 0 Å². The fraction of sp³-hybridized carbons (Fsp3) is 0.389. The topological polar surface area (TPSA) is 32.8 Å². The van der Waals surface area contributed by atoms with Gasteiger partial charge in [-0.3, -0.25) is 9.69 Å². The summed E-state index contributed by atoms with van der Waals surface area (Å²) in [4.78, 5) is 18.2. The molecule has 2 aromatic rings. The Hall–Kier alpha value is -1.85. The fourth-order valence-electron chi connectivity index (χ4n) is 3.08. The highest BCUT2D eigenvalue weighted by molar-refractivity contribution is 7.10. The molecule has 0 bridgehead atoms. The van der Waals surface area contributed by atoms with Crippen LogP contribution in [-0.2, 0) is 11.3 Å². The van der Waals surface area contributed by atoms with Crippen LogP contribution in [0.2, 0.25) is 0 Å². The van der Waals surface area contributed by atoms with E-state index in [0.29, 0.717) is 6.54 Å². The molecule has 1 fully saturated rings. The van der Waals surface area contributed by atoms with Crippen molar-refractivity contribution in [1.82, 2.24) is 4.90 Å². The molecule has 23 heavy (non-hydrogen) atoms. The summed E-state index contributed by atoms with van der Waals surface area (Å²) < 4.78 is 5.27. The smallest absolute Gasteiger partial charge is 0.241 e. The van der Waals surface area contributed by atoms with Crippen molar-refractivity contribution < 1.29 is 9.53 Å². The number of ether oxygens (including phenoxy) is 1. The maximum absolute atomic E-state index is 12.7. The molecule has 0 aliphatic carbocycles. The molecular formula is C18H22N2O2S. The lowest BCUT2D eigenvalue weighted by molar-refractivity contribution is -0.122. The second-order valence-corrected chi connectivity index (χ2v) is 7.01. The van der Waals surface area contributed by atoms with Crippen LogP contribution in [0, 0.1) is 6.92 Å². The van der Waals surface area contributed by atoms with Crippen LogP contribution in [-0.4, -0.2) is 37.0 Å². The first-order valence-corrected chi connectivity index (χ1v) is 8.68. The molecule has 1 atom stereocenters. The van der Waals surface area contributed by atoms with Crippen LogP contribution in [0.4, 0.5) is 5.69 Å². The molecule has 5 heteroatoms. The van der Waals surface area contributed by atoms with E-state index in [9.17, 15) is 4.79 Å². The fourth-order valence-corrected chi connectivity index (χ4v) is 4.03. The quantitative estimate of drug-likeness (QED) is 0.862. The highest BCUT2D eigenvalue weighted by Crippen LogP contribution is 2.27. The first kappa shape index (κ1) is 16.0. The number of benzene rings is 1. The highest BCUT2D eigenvalue weighted by atomic mass is 32.1. The summed E-state index contributed by atoms with van der Waals surface area (Å²) in [6.07, 6.45) is 0. The van der Waals surface area contributed by atoms with E-state index in [2.05, 4.69) is 30.2 Å². The minimum absolute atomic E-state index is 0.142. The predicted molar refractivity (Wildman–Crippen MR) is 94.3 cm³/mol. The van der Waals surface area contributed by atoms with Gasteiger partial charge in [-0.25, -0.2) is 0 Å². The van der Waals surface area contributed by atoms with Gasteiger partial charge in [-0.2, -0.15) is 0 Å². The number of thiophene rings is 1. The van der Waals surface area contributed by atoms with Crippen molar-refractivity contribution in [3.8, 4) is 5.75 Å². The molecule has 1 aliphatic rings. The molecule has 1 saturated heterocycles. The monoisotopic (exact) mass is 330 g/mol. The van der Waals surface area contributed by atoms with Gasteiger partial charge in [0.25, 0.3) is 0 Å². The van der Waals surface area contributed by atoms with E-state index >= 15 is 0 Å². The number of methoxy groups -OCH3 is 1. The van der Waals surface area contributed by atoms with Gasteiger partial charge in [-0.15, -0.1) is 11.3 Å². The average molecular weight is 330 g/mol. The predicted octanol–water partition coefficient (Wildman–Crippen LogP) is 3.30. The van der Waals surface area contributed by atoms with Gasteiger partial charge in [0.05, 0.1) is 13.7 Å². The summed E-state index contributed by atoms with van der Waals surface area (Å²) in [6, 6.07) is 9.99. The minimum Gasteiger partial charge on any atom is -0.497 e. The number of carbonyl (C=O) groups is 1. The summed E-state index contributed by atoms with van der Waals surface area (Å²) in [6.45, 7) is 6.42. The molecule has 122 valence electrons. The van der Waals surface area contributed by atoms with Crippen LogP contribution < -0.4 is 9.64 Å². The van der Waals surface area contributed by atoms with Crippen molar-refractivity contribution in [2.45, 2.75) is 26.4 Å². The molecule has 0 spiro atoms. The highest BCUT2D eigenvalue weighted by Gasteiger charge is 2.31. The second-order valence-electron chi connectivity index (χ2n) is 6.01. The molecule has 0 N–H and O–H groups in total. The van der Waals surface area contributed by atoms with E-state index in [4.69, 9.17) is 4.74 Å². The van der Waals surface area contributed by atoms with Gasteiger partial charge in [-0.1, -0.05) is 6.07 Å². The van der Waals surface area contributed by atoms with Crippen molar-refractivity contribution in [1.29, 1.82) is 0 Å². The molecule has 1 aromatic carbocycles. The Morgan fingerprint density at radius 3 is 2.83 bits per heavy atom. The lowest BCUT2D eigenvalue weighted by Gasteiger charge is -2.39. The number of piperazine rings is 1. The standard InChI is InChI=1S/C18H22N2O2S/c1-13-7-8-23-17(13)11-19-10-14(2)20(18(21)12-19)15-5-4-6-16(9-15)22-3/h4-9,14H,10-12H2,1-3H3/t14-/m0/s1. The van der Waals surface area contributed by atoms with Crippen LogP contribution in [0.15, 0.2) is 35.7 Å². The summed E-state index contributed by atoms with van der Waals surface area (Å²) in [5.41, 5.74) is 2.22. The molecule has 1 aromatic heterocycles. The number of anilines is 1. The summed E-state index contributed by atoms with van der Waals surface area (Å²) in [5.74, 6) is 0.922. The Bertz CT molecular complexity index is 698. The molecule has 1 aliphatic heterocycles. The van der Waals surface area contributed by atoms with Gasteiger partial charge < -0.3 is 9.64 Å². The normalized spacial score (nSPS) is 19.2. The van der Waals surface area contributed by atoms with Crippen molar-refractivity contribution in [2.75, 3.05) is 25.1 Å². The first-order chi connectivity index (χ1) is 11.1. The maximum atomic E-state index is 12.7. The van der Waals surface area contributed by atoms with Crippen LogP contribution in [0.3, 0.4) is 0 Å². The third-order valence-electron chi connectivity index (χ3n) is 4.26. The average Bonchev–Trinajstić information content (AvgIpc) is 2.92. The Balaban J connectivity index is 1.74. The lowest BCUT2D eigenvalue weighted by atomic mass is 10.1. The Morgan fingerprint density at radius 1 is 1.35 bits per heavy atom. The Kier molecular flexibility index (Phi) is 4.68. The third kappa shape index (κ3) is 3.41. The molecule has 3 rings (SSSR count). The van der Waals surface area contributed by atoms with E-state index in [1.807, 2.05) is 29.2 Å². The molecule has 0 saturated carbocycles. The van der Waals surface area contributed by atoms with Crippen LogP contribution in [0.5, 0.6) is 5.75 Å². The van der Waals surface area contributed by atoms with E-state index in [1.54, 1.807) is 18.4 Å². The van der Waals surface area contributed by atoms with Crippen molar-refractivity contribution >= 4 is 22.9 Å². The molecular weight excluding hydrogens is 308 g/mol. The summed E-state index contributed by atoms with van der Waals surface area (Å²) in [5, 5.41) is 2.11. The lowest BCUT2D eigenvalue weighted by Crippen LogP contribution is -2.55. The molecule has 4 nitrogen and oxygen atoms in total. The largest absolute Gasteiger partial charge is 0.497 e. The summed E-state index contributed by atoms with van der Waals surface area (Å²) in [7, 11) is 1.64. The number of rotatable bonds is 4. The zero-order valence-corrected chi connectivity index (χ0v) is 14.6. The molecule has 2 heterocycles. The van der Waals surface area contributed by atoms with Gasteiger partial charge in [0, 0.05) is 35.8 Å². The number of amides is 1. The number of nitrogens with zero attached hydrogens (tertiary/aromatic N) is 2. The van der Waals surface area contributed by atoms with E-state index < -0.39 is 0 Å². The molecule has 0 unspecified atom stereocenters. The van der Waals surface area contributed by atoms with E-state index in [-0.39, 0.29) is 11.9 Å². The summed E-state index contributed by atoms with van der Waals surface area (Å²) >= 11 is 1.76. The van der Waals surface area contributed by atoms with Gasteiger partial charge >= 0.3 is 0 Å². The zero-order valence-electron chi connectivity index (χ0n) is 13.8. The molecule has 0 radical (unpaired) electrons. The van der Waals surface area contributed by atoms with Crippen LogP contribution in [0.25, 0.3) is 0 Å². The van der Waals surface area contributed by atoms with Gasteiger partial charge in [0.2, 0.25) is 5.91 Å². The zero-order chi connectivity index (χ0) is 16.4. The van der Waals surface area contributed by atoms with Crippen molar-refractivity contribution in [3.63, 3.8) is 0 Å². The number of hydrogen-bond donors (Lipinski definition) is 0. The van der Waals surface area contributed by atoms with Crippen molar-refractivity contribution in [3.05, 3.63) is 46.2 Å². The van der Waals surface area contributed by atoms with Gasteiger partial charge in [0.1, 0.15) is 5.75 Å². The van der Waals surface area contributed by atoms with Crippen LogP contribution in [0.1, 0.15) is 17.4 Å². The second kappa shape index (κ2) is 6.72. The number of hydrogen-bond acceptors (Lipinski definition) is 4. The van der Waals surface area contributed by atoms with E-state index in [0.717, 1.165) is 24.5 Å².